The second-order valence-electron chi connectivity index (χ2n) is 7.51. The van der Waals surface area contributed by atoms with Crippen LogP contribution in [0.3, 0.4) is 0 Å². The quantitative estimate of drug-likeness (QED) is 0.490. The van der Waals surface area contributed by atoms with Crippen molar-refractivity contribution in [3.63, 3.8) is 0 Å². The summed E-state index contributed by atoms with van der Waals surface area (Å²) in [5, 5.41) is 2.04. The number of fused-ring (bicyclic) bond motifs is 2. The molecule has 1 saturated heterocycles. The number of piperazine rings is 1. The van der Waals surface area contributed by atoms with Crippen LogP contribution in [-0.2, 0) is 16.6 Å². The van der Waals surface area contributed by atoms with Crippen LogP contribution in [0.4, 0.5) is 0 Å². The SMILES string of the molecule is O=c1[nH]cnc2ccc(CN3CCN(S(=O)(=O)c4cc5ccc(Cl)cc5s4)CC3)cc12. The van der Waals surface area contributed by atoms with Crippen LogP contribution in [0.2, 0.25) is 5.02 Å². The molecule has 10 heteroatoms. The van der Waals surface area contributed by atoms with E-state index in [1.54, 1.807) is 22.5 Å². The van der Waals surface area contributed by atoms with E-state index in [0.717, 1.165) is 15.6 Å². The molecule has 7 nitrogen and oxygen atoms in total. The van der Waals surface area contributed by atoms with E-state index in [1.165, 1.54) is 17.7 Å². The summed E-state index contributed by atoms with van der Waals surface area (Å²) in [7, 11) is -3.54. The molecule has 0 unspecified atom stereocenters. The molecule has 3 heterocycles. The van der Waals surface area contributed by atoms with Gasteiger partial charge in [0.1, 0.15) is 4.21 Å². The lowest BCUT2D eigenvalue weighted by Crippen LogP contribution is -2.48. The Labute approximate surface area is 187 Å². The molecule has 1 aliphatic rings. The van der Waals surface area contributed by atoms with Crippen LogP contribution < -0.4 is 5.56 Å². The van der Waals surface area contributed by atoms with Crippen molar-refractivity contribution in [3.8, 4) is 0 Å². The summed E-state index contributed by atoms with van der Waals surface area (Å²) in [5.41, 5.74) is 1.50. The molecular formula is C21H19ClN4O3S2. The van der Waals surface area contributed by atoms with Crippen LogP contribution in [-0.4, -0.2) is 53.8 Å². The van der Waals surface area contributed by atoms with Crippen LogP contribution in [0.15, 0.2) is 57.8 Å². The fourth-order valence-corrected chi connectivity index (χ4v) is 7.09. The Morgan fingerprint density at radius 2 is 1.87 bits per heavy atom. The summed E-state index contributed by atoms with van der Waals surface area (Å²) < 4.78 is 29.0. The molecule has 0 bridgehead atoms. The van der Waals surface area contributed by atoms with Gasteiger partial charge in [-0.3, -0.25) is 9.69 Å². The van der Waals surface area contributed by atoms with Crippen LogP contribution in [0.5, 0.6) is 0 Å². The van der Waals surface area contributed by atoms with Crippen LogP contribution >= 0.6 is 22.9 Å². The van der Waals surface area contributed by atoms with Gasteiger partial charge in [-0.05, 0) is 41.3 Å². The number of H-pyrrole nitrogens is 1. The molecule has 0 spiro atoms. The molecule has 31 heavy (non-hydrogen) atoms. The van der Waals surface area contributed by atoms with Gasteiger partial charge in [-0.15, -0.1) is 11.3 Å². The first-order chi connectivity index (χ1) is 14.9. The fourth-order valence-electron chi connectivity index (χ4n) is 3.84. The largest absolute Gasteiger partial charge is 0.313 e. The first-order valence-electron chi connectivity index (χ1n) is 9.78. The highest BCUT2D eigenvalue weighted by Crippen LogP contribution is 2.33. The van der Waals surface area contributed by atoms with E-state index in [4.69, 9.17) is 11.6 Å². The van der Waals surface area contributed by atoms with Gasteiger partial charge in [0.25, 0.3) is 15.6 Å². The topological polar surface area (TPSA) is 86.4 Å². The van der Waals surface area contributed by atoms with Gasteiger partial charge in [0.15, 0.2) is 0 Å². The molecule has 1 fully saturated rings. The van der Waals surface area contributed by atoms with Crippen molar-refractivity contribution in [2.24, 2.45) is 0 Å². The summed E-state index contributed by atoms with van der Waals surface area (Å²) in [5.74, 6) is 0. The summed E-state index contributed by atoms with van der Waals surface area (Å²) in [4.78, 5) is 21.0. The molecule has 0 saturated carbocycles. The number of aromatic nitrogens is 2. The number of nitrogens with zero attached hydrogens (tertiary/aromatic N) is 3. The van der Waals surface area contributed by atoms with Crippen molar-refractivity contribution < 1.29 is 8.42 Å². The zero-order valence-electron chi connectivity index (χ0n) is 16.4. The first-order valence-corrected chi connectivity index (χ1v) is 12.4. The summed E-state index contributed by atoms with van der Waals surface area (Å²) in [6.07, 6.45) is 1.40. The van der Waals surface area contributed by atoms with E-state index in [2.05, 4.69) is 14.9 Å². The zero-order chi connectivity index (χ0) is 21.6. The summed E-state index contributed by atoms with van der Waals surface area (Å²) in [6.45, 7) is 2.74. The molecule has 160 valence electrons. The van der Waals surface area contributed by atoms with E-state index >= 15 is 0 Å². The van der Waals surface area contributed by atoms with Crippen LogP contribution in [0.25, 0.3) is 21.0 Å². The first kappa shape index (κ1) is 20.6. The number of aromatic amines is 1. The predicted molar refractivity (Wildman–Crippen MR) is 123 cm³/mol. The third kappa shape index (κ3) is 3.99. The molecule has 4 aromatic rings. The van der Waals surface area contributed by atoms with Gasteiger partial charge in [0.05, 0.1) is 17.2 Å². The molecule has 1 N–H and O–H groups in total. The minimum Gasteiger partial charge on any atom is -0.313 e. The smallest absolute Gasteiger partial charge is 0.258 e. The Morgan fingerprint density at radius 3 is 2.68 bits per heavy atom. The number of benzene rings is 2. The van der Waals surface area contributed by atoms with E-state index < -0.39 is 10.0 Å². The highest BCUT2D eigenvalue weighted by atomic mass is 35.5. The van der Waals surface area contributed by atoms with E-state index in [-0.39, 0.29) is 5.56 Å². The maximum absolute atomic E-state index is 13.1. The Kier molecular flexibility index (Phi) is 5.31. The number of rotatable bonds is 4. The molecule has 2 aromatic carbocycles. The third-order valence-electron chi connectivity index (χ3n) is 5.50. The van der Waals surface area contributed by atoms with Gasteiger partial charge < -0.3 is 4.98 Å². The monoisotopic (exact) mass is 474 g/mol. The van der Waals surface area contributed by atoms with Gasteiger partial charge in [-0.1, -0.05) is 23.7 Å². The minimum absolute atomic E-state index is 0.160. The Bertz CT molecular complexity index is 1440. The van der Waals surface area contributed by atoms with E-state index in [9.17, 15) is 13.2 Å². The minimum atomic E-state index is -3.54. The molecule has 0 amide bonds. The Balaban J connectivity index is 1.29. The van der Waals surface area contributed by atoms with Crippen LogP contribution in [0, 0.1) is 0 Å². The van der Waals surface area contributed by atoms with Crippen molar-refractivity contribution in [1.29, 1.82) is 0 Å². The molecule has 0 aliphatic carbocycles. The second kappa shape index (κ2) is 7.99. The lowest BCUT2D eigenvalue weighted by atomic mass is 10.1. The van der Waals surface area contributed by atoms with Gasteiger partial charge in [0, 0.05) is 42.4 Å². The molecule has 1 aliphatic heterocycles. The normalized spacial score (nSPS) is 16.3. The Morgan fingerprint density at radius 1 is 1.06 bits per heavy atom. The molecule has 0 atom stereocenters. The van der Waals surface area contributed by atoms with Gasteiger partial charge >= 0.3 is 0 Å². The fraction of sp³-hybridized carbons (Fsp3) is 0.238. The number of nitrogens with one attached hydrogen (secondary N) is 1. The predicted octanol–water partition coefficient (Wildman–Crippen LogP) is 3.30. The van der Waals surface area contributed by atoms with E-state index in [1.807, 2.05) is 24.3 Å². The number of hydrogen-bond acceptors (Lipinski definition) is 6. The zero-order valence-corrected chi connectivity index (χ0v) is 18.8. The second-order valence-corrected chi connectivity index (χ2v) is 11.2. The van der Waals surface area contributed by atoms with Crippen molar-refractivity contribution >= 4 is 54.0 Å². The summed E-state index contributed by atoms with van der Waals surface area (Å²) in [6, 6.07) is 12.8. The van der Waals surface area contributed by atoms with Crippen molar-refractivity contribution in [1.82, 2.24) is 19.2 Å². The lowest BCUT2D eigenvalue weighted by Gasteiger charge is -2.33. The maximum atomic E-state index is 13.1. The number of halogens is 1. The van der Waals surface area contributed by atoms with Gasteiger partial charge in [0.2, 0.25) is 0 Å². The van der Waals surface area contributed by atoms with Crippen molar-refractivity contribution in [2.75, 3.05) is 26.2 Å². The average Bonchev–Trinajstić information content (AvgIpc) is 3.19. The van der Waals surface area contributed by atoms with Crippen LogP contribution in [0.1, 0.15) is 5.56 Å². The van der Waals surface area contributed by atoms with Crippen molar-refractivity contribution in [3.05, 3.63) is 69.7 Å². The van der Waals surface area contributed by atoms with Crippen molar-refractivity contribution in [2.45, 2.75) is 10.8 Å². The third-order valence-corrected chi connectivity index (χ3v) is 9.18. The van der Waals surface area contributed by atoms with Gasteiger partial charge in [-0.2, -0.15) is 4.31 Å². The highest BCUT2D eigenvalue weighted by Gasteiger charge is 2.30. The number of sulfonamides is 1. The highest BCUT2D eigenvalue weighted by molar-refractivity contribution is 7.91. The summed E-state index contributed by atoms with van der Waals surface area (Å²) >= 11 is 7.28. The maximum Gasteiger partial charge on any atom is 0.258 e. The molecular weight excluding hydrogens is 456 g/mol. The standard InChI is InChI=1S/C21H19ClN4O3S2/c22-16-3-2-15-10-20(30-19(15)11-16)31(28,29)26-7-5-25(6-8-26)12-14-1-4-18-17(9-14)21(27)24-13-23-18/h1-4,9-11,13H,5-8,12H2,(H,23,24,27). The van der Waals surface area contributed by atoms with Gasteiger partial charge in [-0.25, -0.2) is 13.4 Å². The number of hydrogen-bond donors (Lipinski definition) is 1. The lowest BCUT2D eigenvalue weighted by molar-refractivity contribution is 0.182. The molecule has 0 radical (unpaired) electrons. The average molecular weight is 475 g/mol. The molecule has 2 aromatic heterocycles. The van der Waals surface area contributed by atoms with E-state index in [0.29, 0.717) is 52.9 Å². The number of thiophene rings is 1. The Hall–Kier alpha value is -2.30. The molecule has 5 rings (SSSR count).